The lowest BCUT2D eigenvalue weighted by Gasteiger charge is -2.10. The zero-order chi connectivity index (χ0) is 13.7. The van der Waals surface area contributed by atoms with Gasteiger partial charge in [0.2, 0.25) is 11.7 Å². The molecule has 0 unspecified atom stereocenters. The number of nitrogens with zero attached hydrogens (tertiary/aromatic N) is 2. The first-order valence-corrected chi connectivity index (χ1v) is 6.02. The zero-order valence-electron chi connectivity index (χ0n) is 11.0. The number of hydrogen-bond donors (Lipinski definition) is 1. The van der Waals surface area contributed by atoms with Gasteiger partial charge >= 0.3 is 0 Å². The van der Waals surface area contributed by atoms with E-state index in [0.717, 1.165) is 12.0 Å². The minimum absolute atomic E-state index is 0.236. The van der Waals surface area contributed by atoms with E-state index in [9.17, 15) is 0 Å². The van der Waals surface area contributed by atoms with Gasteiger partial charge in [-0.15, -0.1) is 0 Å². The molecule has 0 spiro atoms. The third-order valence-electron chi connectivity index (χ3n) is 2.59. The van der Waals surface area contributed by atoms with Crippen molar-refractivity contribution in [2.24, 2.45) is 5.73 Å². The predicted molar refractivity (Wildman–Crippen MR) is 69.1 cm³/mol. The lowest BCUT2D eigenvalue weighted by atomic mass is 10.1. The molecule has 2 rings (SSSR count). The van der Waals surface area contributed by atoms with Crippen molar-refractivity contribution in [2.75, 3.05) is 13.7 Å². The number of rotatable bonds is 6. The van der Waals surface area contributed by atoms with Gasteiger partial charge in [0, 0.05) is 6.92 Å². The van der Waals surface area contributed by atoms with Crippen LogP contribution in [0.3, 0.4) is 0 Å². The maximum absolute atomic E-state index is 5.66. The first-order chi connectivity index (χ1) is 9.22. The summed E-state index contributed by atoms with van der Waals surface area (Å²) in [4.78, 5) is 4.08. The smallest absolute Gasteiger partial charge is 0.223 e. The lowest BCUT2D eigenvalue weighted by Crippen LogP contribution is -2.04. The van der Waals surface area contributed by atoms with Crippen molar-refractivity contribution in [1.29, 1.82) is 0 Å². The van der Waals surface area contributed by atoms with Crippen LogP contribution in [0.1, 0.15) is 17.3 Å². The molecule has 2 N–H and O–H groups in total. The Morgan fingerprint density at radius 3 is 2.79 bits per heavy atom. The highest BCUT2D eigenvalue weighted by molar-refractivity contribution is 5.43. The monoisotopic (exact) mass is 263 g/mol. The number of methoxy groups -OCH3 is 1. The van der Waals surface area contributed by atoms with E-state index in [2.05, 4.69) is 10.1 Å². The highest BCUT2D eigenvalue weighted by Gasteiger charge is 2.08. The van der Waals surface area contributed by atoms with Crippen molar-refractivity contribution in [3.05, 3.63) is 35.5 Å². The second kappa shape index (κ2) is 6.19. The van der Waals surface area contributed by atoms with Gasteiger partial charge in [0.1, 0.15) is 0 Å². The minimum atomic E-state index is 0.236. The maximum Gasteiger partial charge on any atom is 0.223 e. The molecule has 19 heavy (non-hydrogen) atoms. The summed E-state index contributed by atoms with van der Waals surface area (Å²) in [6, 6.07) is 5.75. The Balaban J connectivity index is 2.10. The molecule has 0 aliphatic carbocycles. The maximum atomic E-state index is 5.66. The summed E-state index contributed by atoms with van der Waals surface area (Å²) in [5.41, 5.74) is 6.64. The van der Waals surface area contributed by atoms with Gasteiger partial charge in [-0.1, -0.05) is 11.2 Å². The van der Waals surface area contributed by atoms with Crippen LogP contribution in [-0.4, -0.2) is 23.8 Å². The van der Waals surface area contributed by atoms with Crippen LogP contribution >= 0.6 is 0 Å². The fourth-order valence-corrected chi connectivity index (χ4v) is 1.70. The molecule has 2 aromatic rings. The van der Waals surface area contributed by atoms with Crippen LogP contribution in [-0.2, 0) is 13.0 Å². The molecular formula is C13H17N3O3. The van der Waals surface area contributed by atoms with E-state index < -0.39 is 0 Å². The summed E-state index contributed by atoms with van der Waals surface area (Å²) < 4.78 is 15.8. The normalized spacial score (nSPS) is 10.5. The van der Waals surface area contributed by atoms with Crippen LogP contribution in [0.15, 0.2) is 22.7 Å². The van der Waals surface area contributed by atoms with E-state index in [1.165, 1.54) is 0 Å². The van der Waals surface area contributed by atoms with Crippen molar-refractivity contribution >= 4 is 0 Å². The highest BCUT2D eigenvalue weighted by Crippen LogP contribution is 2.28. The molecule has 102 valence electrons. The molecular weight excluding hydrogens is 246 g/mol. The van der Waals surface area contributed by atoms with Gasteiger partial charge in [-0.05, 0) is 30.7 Å². The van der Waals surface area contributed by atoms with E-state index in [-0.39, 0.29) is 6.61 Å². The largest absolute Gasteiger partial charge is 0.493 e. The van der Waals surface area contributed by atoms with Gasteiger partial charge < -0.3 is 19.7 Å². The first-order valence-electron chi connectivity index (χ1n) is 6.02. The molecule has 0 radical (unpaired) electrons. The number of hydrogen-bond acceptors (Lipinski definition) is 6. The van der Waals surface area contributed by atoms with Gasteiger partial charge in [0.25, 0.3) is 0 Å². The molecule has 0 aliphatic rings. The molecule has 6 nitrogen and oxygen atoms in total. The van der Waals surface area contributed by atoms with E-state index in [1.807, 2.05) is 18.2 Å². The third-order valence-corrected chi connectivity index (χ3v) is 2.59. The molecule has 0 atom stereocenters. The zero-order valence-corrected chi connectivity index (χ0v) is 11.0. The molecule has 0 amide bonds. The Morgan fingerprint density at radius 2 is 2.16 bits per heavy atom. The van der Waals surface area contributed by atoms with Crippen molar-refractivity contribution < 1.29 is 14.0 Å². The SMILES string of the molecule is COc1ccc(CCN)cc1OCc1noc(C)n1. The summed E-state index contributed by atoms with van der Waals surface area (Å²) in [7, 11) is 1.60. The van der Waals surface area contributed by atoms with E-state index >= 15 is 0 Å². The standard InChI is InChI=1S/C13H17N3O3/c1-9-15-13(16-19-9)8-18-12-7-10(5-6-14)3-4-11(12)17-2/h3-4,7H,5-6,8,14H2,1-2H3. The van der Waals surface area contributed by atoms with Crippen LogP contribution < -0.4 is 15.2 Å². The molecule has 0 bridgehead atoms. The van der Waals surface area contributed by atoms with Crippen LogP contribution in [0, 0.1) is 6.92 Å². The number of aryl methyl sites for hydroxylation is 1. The van der Waals surface area contributed by atoms with Gasteiger partial charge in [-0.3, -0.25) is 0 Å². The average molecular weight is 263 g/mol. The van der Waals surface area contributed by atoms with E-state index in [0.29, 0.717) is 29.8 Å². The van der Waals surface area contributed by atoms with Crippen LogP contribution in [0.4, 0.5) is 0 Å². The summed E-state index contributed by atoms with van der Waals surface area (Å²) in [5.74, 6) is 2.34. The summed E-state index contributed by atoms with van der Waals surface area (Å²) >= 11 is 0. The highest BCUT2D eigenvalue weighted by atomic mass is 16.5. The quantitative estimate of drug-likeness (QED) is 0.849. The second-order valence-corrected chi connectivity index (χ2v) is 4.04. The Bertz CT molecular complexity index is 540. The van der Waals surface area contributed by atoms with E-state index in [1.54, 1.807) is 14.0 Å². The number of nitrogens with two attached hydrogens (primary N) is 1. The molecule has 0 saturated carbocycles. The molecule has 1 aromatic carbocycles. The fraction of sp³-hybridized carbons (Fsp3) is 0.385. The van der Waals surface area contributed by atoms with Gasteiger partial charge in [-0.2, -0.15) is 4.98 Å². The lowest BCUT2D eigenvalue weighted by molar-refractivity contribution is 0.269. The summed E-state index contributed by atoms with van der Waals surface area (Å²) in [5, 5.41) is 3.77. The van der Waals surface area contributed by atoms with Crippen LogP contribution in [0.25, 0.3) is 0 Å². The molecule has 6 heteroatoms. The Kier molecular flexibility index (Phi) is 4.35. The molecule has 1 heterocycles. The summed E-state index contributed by atoms with van der Waals surface area (Å²) in [6.45, 7) is 2.56. The van der Waals surface area contributed by atoms with Crippen molar-refractivity contribution in [1.82, 2.24) is 10.1 Å². The molecule has 0 aliphatic heterocycles. The molecule has 0 saturated heterocycles. The summed E-state index contributed by atoms with van der Waals surface area (Å²) in [6.07, 6.45) is 0.793. The molecule has 0 fully saturated rings. The van der Waals surface area contributed by atoms with Crippen LogP contribution in [0.5, 0.6) is 11.5 Å². The first kappa shape index (κ1) is 13.4. The Morgan fingerprint density at radius 1 is 1.32 bits per heavy atom. The van der Waals surface area contributed by atoms with Crippen molar-refractivity contribution in [3.8, 4) is 11.5 Å². The third kappa shape index (κ3) is 3.45. The predicted octanol–water partition coefficient (Wildman–Crippen LogP) is 1.47. The second-order valence-electron chi connectivity index (χ2n) is 4.04. The number of aromatic nitrogens is 2. The van der Waals surface area contributed by atoms with Crippen molar-refractivity contribution in [2.45, 2.75) is 20.0 Å². The fourth-order valence-electron chi connectivity index (χ4n) is 1.70. The van der Waals surface area contributed by atoms with Gasteiger partial charge in [0.15, 0.2) is 18.1 Å². The Labute approximate surface area is 111 Å². The Hall–Kier alpha value is -2.08. The molecule has 1 aromatic heterocycles. The number of ether oxygens (including phenoxy) is 2. The van der Waals surface area contributed by atoms with Crippen molar-refractivity contribution in [3.63, 3.8) is 0 Å². The minimum Gasteiger partial charge on any atom is -0.493 e. The van der Waals surface area contributed by atoms with Gasteiger partial charge in [0.05, 0.1) is 7.11 Å². The average Bonchev–Trinajstić information content (AvgIpc) is 2.83. The van der Waals surface area contributed by atoms with Gasteiger partial charge in [-0.25, -0.2) is 0 Å². The van der Waals surface area contributed by atoms with E-state index in [4.69, 9.17) is 19.7 Å². The number of benzene rings is 1. The van der Waals surface area contributed by atoms with Crippen LogP contribution in [0.2, 0.25) is 0 Å². The topological polar surface area (TPSA) is 83.4 Å².